The van der Waals surface area contributed by atoms with E-state index in [4.69, 9.17) is 5.73 Å². The van der Waals surface area contributed by atoms with Crippen molar-refractivity contribution < 1.29 is 0 Å². The van der Waals surface area contributed by atoms with Crippen LogP contribution in [0.15, 0.2) is 4.79 Å². The number of aromatic nitrogens is 2. The second-order valence-corrected chi connectivity index (χ2v) is 1.99. The summed E-state index contributed by atoms with van der Waals surface area (Å²) in [6.45, 7) is 5.78. The first-order valence-electron chi connectivity index (χ1n) is 3.64. The maximum atomic E-state index is 10.7. The van der Waals surface area contributed by atoms with Gasteiger partial charge in [0.2, 0.25) is 0 Å². The number of hydrogen-bond acceptors (Lipinski definition) is 2. The molecule has 0 atom stereocenters. The molecule has 3 N–H and O–H groups in total. The standard InChI is InChI=1S/C5H9N3O.C2H6/c1-3-4(6)7-5(9)8(3)2;1-2/h6H2,1-2H3,(H,7,9);1-2H3. The number of imidazole rings is 1. The fourth-order valence-corrected chi connectivity index (χ4v) is 0.623. The third kappa shape index (κ3) is 1.86. The van der Waals surface area contributed by atoms with Crippen molar-refractivity contribution in [3.05, 3.63) is 16.2 Å². The van der Waals surface area contributed by atoms with Gasteiger partial charge in [0.25, 0.3) is 0 Å². The second kappa shape index (κ2) is 3.85. The molecule has 1 aromatic heterocycles. The maximum Gasteiger partial charge on any atom is 0.327 e. The minimum atomic E-state index is -0.162. The predicted molar refractivity (Wildman–Crippen MR) is 46.5 cm³/mol. The van der Waals surface area contributed by atoms with Gasteiger partial charge in [0.15, 0.2) is 0 Å². The quantitative estimate of drug-likeness (QED) is 0.580. The van der Waals surface area contributed by atoms with Crippen LogP contribution in [-0.2, 0) is 7.05 Å². The van der Waals surface area contributed by atoms with Crippen molar-refractivity contribution in [2.75, 3.05) is 5.73 Å². The van der Waals surface area contributed by atoms with E-state index in [9.17, 15) is 4.79 Å². The van der Waals surface area contributed by atoms with Crippen LogP contribution in [0.5, 0.6) is 0 Å². The van der Waals surface area contributed by atoms with E-state index < -0.39 is 0 Å². The van der Waals surface area contributed by atoms with Gasteiger partial charge < -0.3 is 5.73 Å². The van der Waals surface area contributed by atoms with Crippen LogP contribution in [-0.4, -0.2) is 9.55 Å². The van der Waals surface area contributed by atoms with Gasteiger partial charge in [0.05, 0.1) is 5.69 Å². The molecular formula is C7H15N3O. The van der Waals surface area contributed by atoms with E-state index in [1.165, 1.54) is 4.57 Å². The van der Waals surface area contributed by atoms with Crippen LogP contribution >= 0.6 is 0 Å². The average molecular weight is 157 g/mol. The van der Waals surface area contributed by atoms with Gasteiger partial charge in [-0.25, -0.2) is 4.79 Å². The van der Waals surface area contributed by atoms with Crippen LogP contribution in [0.3, 0.4) is 0 Å². The molecule has 0 radical (unpaired) electrons. The van der Waals surface area contributed by atoms with Crippen molar-refractivity contribution >= 4 is 5.82 Å². The molecule has 0 unspecified atom stereocenters. The van der Waals surface area contributed by atoms with Gasteiger partial charge in [0.1, 0.15) is 5.82 Å². The lowest BCUT2D eigenvalue weighted by Gasteiger charge is -1.90. The molecule has 64 valence electrons. The first-order valence-corrected chi connectivity index (χ1v) is 3.64. The molecule has 0 bridgehead atoms. The number of hydrogen-bond donors (Lipinski definition) is 2. The molecular weight excluding hydrogens is 142 g/mol. The Hall–Kier alpha value is -1.19. The van der Waals surface area contributed by atoms with Gasteiger partial charge in [0, 0.05) is 7.05 Å². The van der Waals surface area contributed by atoms with E-state index in [0.29, 0.717) is 5.82 Å². The highest BCUT2D eigenvalue weighted by atomic mass is 16.1. The van der Waals surface area contributed by atoms with Crippen LogP contribution < -0.4 is 11.4 Å². The van der Waals surface area contributed by atoms with Gasteiger partial charge in [-0.15, -0.1) is 0 Å². The van der Waals surface area contributed by atoms with E-state index in [1.54, 1.807) is 14.0 Å². The van der Waals surface area contributed by atoms with Crippen LogP contribution in [0.2, 0.25) is 0 Å². The first-order chi connectivity index (χ1) is 5.13. The molecule has 0 aliphatic heterocycles. The SMILES string of the molecule is CC.Cc1c(N)[nH]c(=O)n1C. The van der Waals surface area contributed by atoms with Gasteiger partial charge in [-0.05, 0) is 6.92 Å². The second-order valence-electron chi connectivity index (χ2n) is 1.99. The van der Waals surface area contributed by atoms with E-state index in [2.05, 4.69) is 4.98 Å². The molecule has 0 aromatic carbocycles. The molecule has 4 nitrogen and oxygen atoms in total. The summed E-state index contributed by atoms with van der Waals surface area (Å²) in [6.07, 6.45) is 0. The number of nitrogens with zero attached hydrogens (tertiary/aromatic N) is 1. The van der Waals surface area contributed by atoms with Gasteiger partial charge in [-0.1, -0.05) is 13.8 Å². The third-order valence-electron chi connectivity index (χ3n) is 1.44. The highest BCUT2D eigenvalue weighted by molar-refractivity contribution is 5.33. The lowest BCUT2D eigenvalue weighted by molar-refractivity contribution is 0.830. The van der Waals surface area contributed by atoms with Crippen molar-refractivity contribution in [1.29, 1.82) is 0 Å². The van der Waals surface area contributed by atoms with E-state index >= 15 is 0 Å². The molecule has 0 fully saturated rings. The number of anilines is 1. The lowest BCUT2D eigenvalue weighted by Crippen LogP contribution is -2.12. The molecule has 0 spiro atoms. The van der Waals surface area contributed by atoms with Crippen LogP contribution in [0.4, 0.5) is 5.82 Å². The van der Waals surface area contributed by atoms with Gasteiger partial charge >= 0.3 is 5.69 Å². The Morgan fingerprint density at radius 2 is 1.91 bits per heavy atom. The summed E-state index contributed by atoms with van der Waals surface area (Å²) in [6, 6.07) is 0. The molecule has 11 heavy (non-hydrogen) atoms. The summed E-state index contributed by atoms with van der Waals surface area (Å²) >= 11 is 0. The third-order valence-corrected chi connectivity index (χ3v) is 1.44. The molecule has 1 rings (SSSR count). The van der Waals surface area contributed by atoms with Crippen LogP contribution in [0.1, 0.15) is 19.5 Å². The summed E-state index contributed by atoms with van der Waals surface area (Å²) in [4.78, 5) is 13.1. The molecule has 4 heteroatoms. The zero-order valence-electron chi connectivity index (χ0n) is 7.43. The van der Waals surface area contributed by atoms with Crippen molar-refractivity contribution in [2.24, 2.45) is 7.05 Å². The zero-order valence-corrected chi connectivity index (χ0v) is 7.43. The topological polar surface area (TPSA) is 63.8 Å². The summed E-state index contributed by atoms with van der Waals surface area (Å²) < 4.78 is 1.47. The Labute approximate surface area is 66.0 Å². The number of nitrogens with two attached hydrogens (primary N) is 1. The Morgan fingerprint density at radius 3 is 2.00 bits per heavy atom. The van der Waals surface area contributed by atoms with Crippen molar-refractivity contribution in [3.63, 3.8) is 0 Å². The van der Waals surface area contributed by atoms with Crippen LogP contribution in [0, 0.1) is 6.92 Å². The van der Waals surface area contributed by atoms with E-state index in [0.717, 1.165) is 5.69 Å². The Balaban J connectivity index is 0.000000461. The largest absolute Gasteiger partial charge is 0.384 e. The first kappa shape index (κ1) is 9.81. The predicted octanol–water partition coefficient (Wildman–Crippen LogP) is 0.630. The molecule has 0 amide bonds. The average Bonchev–Trinajstić information content (AvgIpc) is 2.22. The molecule has 1 aromatic rings. The Bertz CT molecular complexity index is 272. The molecule has 1 heterocycles. The monoisotopic (exact) mass is 157 g/mol. The zero-order chi connectivity index (χ0) is 9.02. The molecule has 0 aliphatic carbocycles. The summed E-state index contributed by atoms with van der Waals surface area (Å²) in [5.41, 5.74) is 5.98. The van der Waals surface area contributed by atoms with E-state index in [1.807, 2.05) is 13.8 Å². The normalized spacial score (nSPS) is 8.73. The van der Waals surface area contributed by atoms with Crippen LogP contribution in [0.25, 0.3) is 0 Å². The number of H-pyrrole nitrogens is 1. The highest BCUT2D eigenvalue weighted by Gasteiger charge is 2.00. The highest BCUT2D eigenvalue weighted by Crippen LogP contribution is 1.99. The Morgan fingerprint density at radius 1 is 1.45 bits per heavy atom. The molecule has 0 aliphatic rings. The van der Waals surface area contributed by atoms with E-state index in [-0.39, 0.29) is 5.69 Å². The van der Waals surface area contributed by atoms with Gasteiger partial charge in [-0.3, -0.25) is 9.55 Å². The summed E-state index contributed by atoms with van der Waals surface area (Å²) in [5, 5.41) is 0. The fraction of sp³-hybridized carbons (Fsp3) is 0.571. The van der Waals surface area contributed by atoms with Crippen molar-refractivity contribution in [2.45, 2.75) is 20.8 Å². The number of rotatable bonds is 0. The van der Waals surface area contributed by atoms with Crippen molar-refractivity contribution in [3.8, 4) is 0 Å². The maximum absolute atomic E-state index is 10.7. The Kier molecular flexibility index (Phi) is 3.44. The minimum absolute atomic E-state index is 0.162. The molecule has 0 saturated carbocycles. The fourth-order valence-electron chi connectivity index (χ4n) is 0.623. The summed E-state index contributed by atoms with van der Waals surface area (Å²) in [5.74, 6) is 0.447. The molecule has 0 saturated heterocycles. The number of nitrogen functional groups attached to an aromatic ring is 1. The number of aromatic amines is 1. The lowest BCUT2D eigenvalue weighted by atomic mass is 10.5. The smallest absolute Gasteiger partial charge is 0.327 e. The van der Waals surface area contributed by atoms with Crippen molar-refractivity contribution in [1.82, 2.24) is 9.55 Å². The minimum Gasteiger partial charge on any atom is -0.384 e. The summed E-state index contributed by atoms with van der Waals surface area (Å²) in [7, 11) is 1.67. The number of nitrogens with one attached hydrogen (secondary N) is 1. The van der Waals surface area contributed by atoms with Gasteiger partial charge in [-0.2, -0.15) is 0 Å².